The number of unbranched alkanes of at least 4 members (excludes halogenated alkanes) is 9. The molecule has 1 aromatic heterocycles. The second-order valence-corrected chi connectivity index (χ2v) is 9.16. The van der Waals surface area contributed by atoms with Crippen molar-refractivity contribution in [1.29, 1.82) is 0 Å². The molecule has 0 saturated heterocycles. The zero-order chi connectivity index (χ0) is 26.2. The van der Waals surface area contributed by atoms with E-state index in [9.17, 15) is 0 Å². The zero-order valence-corrected chi connectivity index (χ0v) is 21.5. The van der Waals surface area contributed by atoms with E-state index in [0.29, 0.717) is 0 Å². The molecule has 3 aromatic rings. The fourth-order valence-corrected chi connectivity index (χ4v) is 4.43. The van der Waals surface area contributed by atoms with E-state index in [0.717, 1.165) is 25.5 Å². The highest BCUT2D eigenvalue weighted by Gasteiger charge is 2.20. The number of aryl methyl sites for hydroxylation is 3. The summed E-state index contributed by atoms with van der Waals surface area (Å²) in [5, 5.41) is 16.3. The van der Waals surface area contributed by atoms with Gasteiger partial charge in [-0.05, 0) is 24.1 Å². The number of carboxylic acid groups (broad SMARTS) is 2. The summed E-state index contributed by atoms with van der Waals surface area (Å²) in [6.07, 6.45) is 14.6. The second-order valence-electron chi connectivity index (χ2n) is 9.16. The minimum Gasteiger partial charge on any atom is -0.539 e. The SMILES string of the molecule is CCCCCCCCCCCC[n+]1c(N)n(CCc2ccccc2)c2ccccc21.O=C([O-])C(=O)O. The molecule has 1 heterocycles. The number of nitrogens with zero attached hydrogens (tertiary/aromatic N) is 2. The Bertz CT molecular complexity index is 1050. The van der Waals surface area contributed by atoms with E-state index in [4.69, 9.17) is 25.5 Å². The average Bonchev–Trinajstić information content (AvgIpc) is 3.15. The summed E-state index contributed by atoms with van der Waals surface area (Å²) in [6, 6.07) is 19.3. The summed E-state index contributed by atoms with van der Waals surface area (Å²) < 4.78 is 4.61. The summed E-state index contributed by atoms with van der Waals surface area (Å²) in [6.45, 7) is 4.22. The fraction of sp³-hybridized carbons (Fsp3) is 0.483. The molecule has 0 bridgehead atoms. The first-order valence-corrected chi connectivity index (χ1v) is 13.2. The normalized spacial score (nSPS) is 10.7. The summed E-state index contributed by atoms with van der Waals surface area (Å²) in [7, 11) is 0. The number of carbonyl (C=O) groups excluding carboxylic acids is 1. The number of fused-ring (bicyclic) bond motifs is 1. The van der Waals surface area contributed by atoms with Gasteiger partial charge in [0.25, 0.3) is 0 Å². The Hall–Kier alpha value is -3.35. The molecule has 0 unspecified atom stereocenters. The molecule has 7 heteroatoms. The lowest BCUT2D eigenvalue weighted by atomic mass is 10.1. The van der Waals surface area contributed by atoms with Gasteiger partial charge in [0, 0.05) is 6.42 Å². The van der Waals surface area contributed by atoms with E-state index < -0.39 is 11.9 Å². The van der Waals surface area contributed by atoms with Crippen LogP contribution in [0.3, 0.4) is 0 Å². The maximum Gasteiger partial charge on any atom is 0.356 e. The third kappa shape index (κ3) is 9.72. The maximum atomic E-state index is 9.04. The number of nitrogen functional groups attached to an aromatic ring is 1. The average molecular weight is 496 g/mol. The molecule has 3 rings (SSSR count). The van der Waals surface area contributed by atoms with Crippen LogP contribution in [0.5, 0.6) is 0 Å². The lowest BCUT2D eigenvalue weighted by Crippen LogP contribution is -2.36. The molecular weight excluding hydrogens is 454 g/mol. The highest BCUT2D eigenvalue weighted by molar-refractivity contribution is 6.26. The Labute approximate surface area is 214 Å². The quantitative estimate of drug-likeness (QED) is 0.194. The van der Waals surface area contributed by atoms with Crippen LogP contribution in [0.25, 0.3) is 11.0 Å². The van der Waals surface area contributed by atoms with E-state index in [1.54, 1.807) is 0 Å². The molecule has 196 valence electrons. The van der Waals surface area contributed by atoms with E-state index in [-0.39, 0.29) is 0 Å². The van der Waals surface area contributed by atoms with E-state index in [1.807, 2.05) is 0 Å². The van der Waals surface area contributed by atoms with Crippen LogP contribution in [-0.4, -0.2) is 21.6 Å². The molecule has 0 radical (unpaired) electrons. The van der Waals surface area contributed by atoms with Gasteiger partial charge < -0.3 is 15.0 Å². The number of anilines is 1. The number of nitrogens with two attached hydrogens (primary N) is 1. The van der Waals surface area contributed by atoms with Gasteiger partial charge in [0.15, 0.2) is 5.97 Å². The standard InChI is InChI=1S/C27H39N3.C2H2O4/c1-2-3-4-5-6-7-8-9-10-16-22-29-25-19-14-15-20-26(25)30(27(29)28)23-21-24-17-12-11-13-18-24;3-1(4)2(5)6/h11-15,17-20,28H,2-10,16,21-23H2,1H3;(H,3,4)(H,5,6). The van der Waals surface area contributed by atoms with Crippen LogP contribution in [0.1, 0.15) is 76.7 Å². The predicted molar refractivity (Wildman–Crippen MR) is 141 cm³/mol. The van der Waals surface area contributed by atoms with Crippen LogP contribution in [0.4, 0.5) is 5.95 Å². The Morgan fingerprint density at radius 2 is 1.39 bits per heavy atom. The Morgan fingerprint density at radius 1 is 0.861 bits per heavy atom. The smallest absolute Gasteiger partial charge is 0.356 e. The van der Waals surface area contributed by atoms with E-state index >= 15 is 0 Å². The zero-order valence-electron chi connectivity index (χ0n) is 21.5. The van der Waals surface area contributed by atoms with Gasteiger partial charge in [-0.15, -0.1) is 0 Å². The van der Waals surface area contributed by atoms with Crippen molar-refractivity contribution < 1.29 is 24.4 Å². The van der Waals surface area contributed by atoms with Crippen molar-refractivity contribution in [2.24, 2.45) is 0 Å². The van der Waals surface area contributed by atoms with E-state index in [1.165, 1.54) is 80.8 Å². The molecule has 2 aromatic carbocycles. The third-order valence-corrected chi connectivity index (χ3v) is 6.39. The van der Waals surface area contributed by atoms with Crippen molar-refractivity contribution >= 4 is 28.9 Å². The van der Waals surface area contributed by atoms with Crippen LogP contribution >= 0.6 is 0 Å². The predicted octanol–water partition coefficient (Wildman–Crippen LogP) is 4.50. The molecule has 0 atom stereocenters. The second kappa shape index (κ2) is 16.3. The fourth-order valence-electron chi connectivity index (χ4n) is 4.43. The molecule has 7 nitrogen and oxygen atoms in total. The maximum absolute atomic E-state index is 9.04. The largest absolute Gasteiger partial charge is 0.539 e. The third-order valence-electron chi connectivity index (χ3n) is 6.39. The molecule has 3 N–H and O–H groups in total. The number of para-hydroxylation sites is 2. The van der Waals surface area contributed by atoms with Crippen molar-refractivity contribution in [3.63, 3.8) is 0 Å². The first-order valence-electron chi connectivity index (χ1n) is 13.2. The van der Waals surface area contributed by atoms with Gasteiger partial charge in [-0.2, -0.15) is 0 Å². The lowest BCUT2D eigenvalue weighted by Gasteiger charge is -2.04. The van der Waals surface area contributed by atoms with Gasteiger partial charge >= 0.3 is 11.9 Å². The lowest BCUT2D eigenvalue weighted by molar-refractivity contribution is -0.657. The van der Waals surface area contributed by atoms with Gasteiger partial charge in [-0.3, -0.25) is 5.73 Å². The molecule has 0 saturated carbocycles. The Balaban J connectivity index is 0.000000678. The van der Waals surface area contributed by atoms with Crippen molar-refractivity contribution in [3.05, 3.63) is 60.2 Å². The topological polar surface area (TPSA) is 112 Å². The molecule has 0 spiro atoms. The number of hydrogen-bond donors (Lipinski definition) is 2. The van der Waals surface area contributed by atoms with E-state index in [2.05, 4.69) is 70.7 Å². The molecule has 0 aliphatic rings. The first-order chi connectivity index (χ1) is 17.5. The van der Waals surface area contributed by atoms with Gasteiger partial charge in [0.1, 0.15) is 11.0 Å². The Kier molecular flexibility index (Phi) is 13.1. The van der Waals surface area contributed by atoms with Gasteiger partial charge in [-0.1, -0.05) is 107 Å². The summed E-state index contributed by atoms with van der Waals surface area (Å²) in [4.78, 5) is 18.0. The van der Waals surface area contributed by atoms with Crippen molar-refractivity contribution in [3.8, 4) is 0 Å². The highest BCUT2D eigenvalue weighted by Crippen LogP contribution is 2.18. The molecule has 0 amide bonds. The minimum absolute atomic E-state index is 0.892. The molecular formula is C29H41N3O4. The monoisotopic (exact) mass is 495 g/mol. The molecule has 0 aliphatic carbocycles. The van der Waals surface area contributed by atoms with Crippen molar-refractivity contribution in [2.75, 3.05) is 5.73 Å². The summed E-state index contributed by atoms with van der Waals surface area (Å²) in [5.74, 6) is -3.12. The van der Waals surface area contributed by atoms with Crippen LogP contribution in [0, 0.1) is 0 Å². The number of imidazole rings is 1. The van der Waals surface area contributed by atoms with Crippen LogP contribution in [-0.2, 0) is 29.1 Å². The van der Waals surface area contributed by atoms with Crippen molar-refractivity contribution in [2.45, 2.75) is 90.6 Å². The van der Waals surface area contributed by atoms with Crippen LogP contribution in [0.15, 0.2) is 54.6 Å². The number of hydrogen-bond acceptors (Lipinski definition) is 4. The molecule has 0 fully saturated rings. The minimum atomic E-state index is -2.07. The van der Waals surface area contributed by atoms with Gasteiger partial charge in [0.2, 0.25) is 0 Å². The number of carbonyl (C=O) groups is 2. The number of benzene rings is 2. The first kappa shape index (κ1) is 28.9. The van der Waals surface area contributed by atoms with Crippen LogP contribution < -0.4 is 15.4 Å². The number of carboxylic acids is 2. The van der Waals surface area contributed by atoms with Gasteiger partial charge in [-0.25, -0.2) is 13.9 Å². The number of aromatic nitrogens is 2. The van der Waals surface area contributed by atoms with Crippen LogP contribution in [0.2, 0.25) is 0 Å². The van der Waals surface area contributed by atoms with Gasteiger partial charge in [0.05, 0.1) is 13.1 Å². The molecule has 36 heavy (non-hydrogen) atoms. The number of rotatable bonds is 14. The number of aliphatic carboxylic acids is 2. The highest BCUT2D eigenvalue weighted by atomic mass is 16.4. The summed E-state index contributed by atoms with van der Waals surface area (Å²) >= 11 is 0. The Morgan fingerprint density at radius 3 is 1.97 bits per heavy atom. The molecule has 0 aliphatic heterocycles. The summed E-state index contributed by atoms with van der Waals surface area (Å²) in [5.41, 5.74) is 10.5. The van der Waals surface area contributed by atoms with Crippen molar-refractivity contribution in [1.82, 2.24) is 4.57 Å².